The predicted molar refractivity (Wildman–Crippen MR) is 153 cm³/mol. The number of halogens is 1. The average molecular weight is 572 g/mol. The van der Waals surface area contributed by atoms with Crippen LogP contribution in [-0.4, -0.2) is 51.4 Å². The van der Waals surface area contributed by atoms with Crippen LogP contribution in [0.4, 0.5) is 5.69 Å². The first-order valence-electron chi connectivity index (χ1n) is 12.6. The van der Waals surface area contributed by atoms with Gasteiger partial charge in [0.2, 0.25) is 11.8 Å². The number of sulfonamides is 1. The number of aryl methyl sites for hydroxylation is 1. The Balaban J connectivity index is 2.02. The van der Waals surface area contributed by atoms with E-state index in [-0.39, 0.29) is 23.0 Å². The zero-order chi connectivity index (χ0) is 28.6. The van der Waals surface area contributed by atoms with Gasteiger partial charge in [-0.05, 0) is 68.3 Å². The van der Waals surface area contributed by atoms with E-state index in [0.29, 0.717) is 17.3 Å². The molecular weight excluding hydrogens is 538 g/mol. The van der Waals surface area contributed by atoms with Crippen molar-refractivity contribution in [3.05, 3.63) is 88.9 Å². The van der Waals surface area contributed by atoms with Gasteiger partial charge in [-0.25, -0.2) is 8.42 Å². The Bertz CT molecular complexity index is 1400. The van der Waals surface area contributed by atoms with Crippen LogP contribution in [0.25, 0.3) is 0 Å². The highest BCUT2D eigenvalue weighted by molar-refractivity contribution is 7.92. The molecule has 0 bridgehead atoms. The summed E-state index contributed by atoms with van der Waals surface area (Å²) in [4.78, 5) is 28.2. The molecule has 0 aromatic heterocycles. The number of methoxy groups -OCH3 is 1. The summed E-state index contributed by atoms with van der Waals surface area (Å²) in [6, 6.07) is 19.0. The molecule has 10 heteroatoms. The van der Waals surface area contributed by atoms with Crippen LogP contribution in [0.1, 0.15) is 31.4 Å². The van der Waals surface area contributed by atoms with Gasteiger partial charge in [-0.3, -0.25) is 13.9 Å². The third-order valence-electron chi connectivity index (χ3n) is 6.17. The van der Waals surface area contributed by atoms with E-state index in [1.807, 2.05) is 38.1 Å². The first kappa shape index (κ1) is 30.0. The molecule has 3 aromatic carbocycles. The Morgan fingerprint density at radius 2 is 1.72 bits per heavy atom. The van der Waals surface area contributed by atoms with Gasteiger partial charge in [0.05, 0.1) is 17.7 Å². The maximum absolute atomic E-state index is 13.9. The van der Waals surface area contributed by atoms with Crippen molar-refractivity contribution < 1.29 is 22.7 Å². The second-order valence-electron chi connectivity index (χ2n) is 9.14. The molecule has 1 N–H and O–H groups in total. The smallest absolute Gasteiger partial charge is 0.264 e. The van der Waals surface area contributed by atoms with Gasteiger partial charge in [0.1, 0.15) is 18.3 Å². The van der Waals surface area contributed by atoms with Crippen molar-refractivity contribution in [1.29, 1.82) is 0 Å². The standard InChI is InChI=1S/C29H34ClN3O5S/c1-5-16-31-29(35)22(3)32(19-23-9-6-8-21(2)17-23)28(34)20-33(25-11-7-10-24(30)18-25)39(36,37)27-14-12-26(38-4)13-15-27/h6-15,17-18,22H,5,16,19-20H2,1-4H3,(H,31,35). The summed E-state index contributed by atoms with van der Waals surface area (Å²) in [6.45, 7) is 5.58. The largest absolute Gasteiger partial charge is 0.497 e. The van der Waals surface area contributed by atoms with Crippen LogP contribution >= 0.6 is 11.6 Å². The van der Waals surface area contributed by atoms with Crippen molar-refractivity contribution in [3.63, 3.8) is 0 Å². The first-order chi connectivity index (χ1) is 18.6. The Hall–Kier alpha value is -3.56. The third-order valence-corrected chi connectivity index (χ3v) is 8.20. The number of anilines is 1. The van der Waals surface area contributed by atoms with E-state index in [0.717, 1.165) is 21.9 Å². The number of rotatable bonds is 12. The van der Waals surface area contributed by atoms with E-state index in [1.165, 1.54) is 42.3 Å². The highest BCUT2D eigenvalue weighted by Gasteiger charge is 2.32. The Morgan fingerprint density at radius 1 is 1.03 bits per heavy atom. The number of nitrogens with one attached hydrogen (secondary N) is 1. The minimum Gasteiger partial charge on any atom is -0.497 e. The van der Waals surface area contributed by atoms with E-state index >= 15 is 0 Å². The maximum Gasteiger partial charge on any atom is 0.264 e. The molecule has 2 amide bonds. The molecule has 3 aromatic rings. The molecule has 0 saturated carbocycles. The monoisotopic (exact) mass is 571 g/mol. The molecule has 0 radical (unpaired) electrons. The molecule has 1 unspecified atom stereocenters. The van der Waals surface area contributed by atoms with Crippen LogP contribution < -0.4 is 14.4 Å². The fourth-order valence-electron chi connectivity index (χ4n) is 4.02. The molecule has 0 heterocycles. The lowest BCUT2D eigenvalue weighted by molar-refractivity contribution is -0.139. The van der Waals surface area contributed by atoms with Crippen LogP contribution in [0.2, 0.25) is 5.02 Å². The molecule has 0 saturated heterocycles. The minimum absolute atomic E-state index is 0.0185. The summed E-state index contributed by atoms with van der Waals surface area (Å²) in [5.74, 6) is -0.353. The summed E-state index contributed by atoms with van der Waals surface area (Å²) < 4.78 is 33.9. The number of ether oxygens (including phenoxy) is 1. The van der Waals surface area contributed by atoms with Crippen LogP contribution in [0.15, 0.2) is 77.7 Å². The molecular formula is C29H34ClN3O5S. The lowest BCUT2D eigenvalue weighted by Crippen LogP contribution is -2.51. The molecule has 0 aliphatic carbocycles. The van der Waals surface area contributed by atoms with Crippen molar-refractivity contribution >= 4 is 39.1 Å². The lowest BCUT2D eigenvalue weighted by atomic mass is 10.1. The normalized spacial score (nSPS) is 11.9. The SMILES string of the molecule is CCCNC(=O)C(C)N(Cc1cccc(C)c1)C(=O)CN(c1cccc(Cl)c1)S(=O)(=O)c1ccc(OC)cc1. The van der Waals surface area contributed by atoms with Gasteiger partial charge in [0, 0.05) is 18.1 Å². The van der Waals surface area contributed by atoms with Crippen LogP contribution in [-0.2, 0) is 26.2 Å². The Kier molecular flexibility index (Phi) is 10.4. The van der Waals surface area contributed by atoms with Crippen molar-refractivity contribution in [2.45, 2.75) is 44.7 Å². The topological polar surface area (TPSA) is 96.0 Å². The first-order valence-corrected chi connectivity index (χ1v) is 14.4. The van der Waals surface area contributed by atoms with Crippen molar-refractivity contribution in [3.8, 4) is 5.75 Å². The van der Waals surface area contributed by atoms with Gasteiger partial charge in [-0.2, -0.15) is 0 Å². The summed E-state index contributed by atoms with van der Waals surface area (Å²) in [6.07, 6.45) is 0.743. The van der Waals surface area contributed by atoms with Gasteiger partial charge in [-0.15, -0.1) is 0 Å². The number of benzene rings is 3. The van der Waals surface area contributed by atoms with Crippen molar-refractivity contribution in [2.75, 3.05) is 24.5 Å². The molecule has 3 rings (SSSR count). The molecule has 208 valence electrons. The fourth-order valence-corrected chi connectivity index (χ4v) is 5.61. The molecule has 0 fully saturated rings. The zero-order valence-electron chi connectivity index (χ0n) is 22.6. The molecule has 0 aliphatic heterocycles. The van der Waals surface area contributed by atoms with Crippen LogP contribution in [0.3, 0.4) is 0 Å². The van der Waals surface area contributed by atoms with Crippen molar-refractivity contribution in [2.24, 2.45) is 0 Å². The van der Waals surface area contributed by atoms with Gasteiger partial charge < -0.3 is 15.0 Å². The van der Waals surface area contributed by atoms with E-state index in [1.54, 1.807) is 25.1 Å². The van der Waals surface area contributed by atoms with Crippen LogP contribution in [0, 0.1) is 6.92 Å². The number of hydrogen-bond acceptors (Lipinski definition) is 5. The van der Waals surface area contributed by atoms with Gasteiger partial charge >= 0.3 is 0 Å². The van der Waals surface area contributed by atoms with E-state index in [2.05, 4.69) is 5.32 Å². The number of amides is 2. The highest BCUT2D eigenvalue weighted by atomic mass is 35.5. The van der Waals surface area contributed by atoms with E-state index in [4.69, 9.17) is 16.3 Å². The summed E-state index contributed by atoms with van der Waals surface area (Å²) >= 11 is 6.20. The van der Waals surface area contributed by atoms with Crippen LogP contribution in [0.5, 0.6) is 5.75 Å². The number of carbonyl (C=O) groups is 2. The molecule has 8 nitrogen and oxygen atoms in total. The lowest BCUT2D eigenvalue weighted by Gasteiger charge is -2.32. The molecule has 39 heavy (non-hydrogen) atoms. The minimum atomic E-state index is -4.19. The Labute approximate surface area is 235 Å². The number of nitrogens with zero attached hydrogens (tertiary/aromatic N) is 2. The van der Waals surface area contributed by atoms with Gasteiger partial charge in [-0.1, -0.05) is 54.4 Å². The quantitative estimate of drug-likeness (QED) is 0.337. The van der Waals surface area contributed by atoms with E-state index in [9.17, 15) is 18.0 Å². The van der Waals surface area contributed by atoms with E-state index < -0.39 is 28.5 Å². The summed E-state index contributed by atoms with van der Waals surface area (Å²) in [5.41, 5.74) is 2.06. The fraction of sp³-hybridized carbons (Fsp3) is 0.310. The Morgan fingerprint density at radius 3 is 2.33 bits per heavy atom. The van der Waals surface area contributed by atoms with Crippen molar-refractivity contribution in [1.82, 2.24) is 10.2 Å². The number of carbonyl (C=O) groups excluding carboxylic acids is 2. The molecule has 1 atom stereocenters. The second kappa shape index (κ2) is 13.5. The zero-order valence-corrected chi connectivity index (χ0v) is 24.1. The van der Waals surface area contributed by atoms with Gasteiger partial charge in [0.25, 0.3) is 10.0 Å². The molecule has 0 spiro atoms. The highest BCUT2D eigenvalue weighted by Crippen LogP contribution is 2.28. The average Bonchev–Trinajstić information content (AvgIpc) is 2.92. The number of hydrogen-bond donors (Lipinski definition) is 1. The summed E-state index contributed by atoms with van der Waals surface area (Å²) in [5, 5.41) is 3.15. The molecule has 0 aliphatic rings. The second-order valence-corrected chi connectivity index (χ2v) is 11.4. The third kappa shape index (κ3) is 7.74. The predicted octanol–water partition coefficient (Wildman–Crippen LogP) is 4.80. The van der Waals surface area contributed by atoms with Gasteiger partial charge in [0.15, 0.2) is 0 Å². The maximum atomic E-state index is 13.9. The summed E-state index contributed by atoms with van der Waals surface area (Å²) in [7, 11) is -2.71.